The van der Waals surface area contributed by atoms with Crippen molar-refractivity contribution in [3.05, 3.63) is 29.6 Å². The lowest BCUT2D eigenvalue weighted by Crippen LogP contribution is -2.19. The highest BCUT2D eigenvalue weighted by atomic mass is 19.4. The summed E-state index contributed by atoms with van der Waals surface area (Å²) in [6.45, 7) is -1.57. The highest BCUT2D eigenvalue weighted by Crippen LogP contribution is 2.18. The second-order valence-electron chi connectivity index (χ2n) is 3.49. The highest BCUT2D eigenvalue weighted by Gasteiger charge is 2.27. The number of hydrogen-bond donors (Lipinski definition) is 1. The number of halogens is 4. The average Bonchev–Trinajstić information content (AvgIpc) is 2.29. The zero-order valence-corrected chi connectivity index (χ0v) is 9.47. The SMILES string of the molecule is NCc1ccc(OCCOCC(F)(F)F)c(F)c1. The van der Waals surface area contributed by atoms with Crippen molar-refractivity contribution in [2.75, 3.05) is 19.8 Å². The van der Waals surface area contributed by atoms with Gasteiger partial charge in [-0.1, -0.05) is 6.07 Å². The topological polar surface area (TPSA) is 44.5 Å². The third-order valence-corrected chi connectivity index (χ3v) is 1.98. The van der Waals surface area contributed by atoms with Gasteiger partial charge in [0.1, 0.15) is 13.2 Å². The van der Waals surface area contributed by atoms with Gasteiger partial charge in [0, 0.05) is 6.54 Å². The molecule has 2 N–H and O–H groups in total. The van der Waals surface area contributed by atoms with Crippen molar-refractivity contribution < 1.29 is 27.0 Å². The molecule has 1 aromatic rings. The van der Waals surface area contributed by atoms with Gasteiger partial charge in [-0.2, -0.15) is 13.2 Å². The molecule has 0 amide bonds. The predicted octanol–water partition coefficient (Wildman–Crippen LogP) is 2.24. The van der Waals surface area contributed by atoms with Crippen molar-refractivity contribution >= 4 is 0 Å². The normalized spacial score (nSPS) is 11.6. The first-order valence-corrected chi connectivity index (χ1v) is 5.18. The molecule has 0 heterocycles. The Balaban J connectivity index is 2.31. The zero-order valence-electron chi connectivity index (χ0n) is 9.47. The smallest absolute Gasteiger partial charge is 0.411 e. The molecule has 0 aromatic heterocycles. The van der Waals surface area contributed by atoms with Gasteiger partial charge in [-0.3, -0.25) is 0 Å². The van der Waals surface area contributed by atoms with Crippen molar-refractivity contribution in [2.45, 2.75) is 12.7 Å². The second kappa shape index (κ2) is 6.55. The van der Waals surface area contributed by atoms with Gasteiger partial charge in [-0.15, -0.1) is 0 Å². The first-order valence-electron chi connectivity index (χ1n) is 5.18. The van der Waals surface area contributed by atoms with E-state index < -0.39 is 18.6 Å². The molecule has 102 valence electrons. The highest BCUT2D eigenvalue weighted by molar-refractivity contribution is 5.29. The summed E-state index contributed by atoms with van der Waals surface area (Å²) in [5, 5.41) is 0. The van der Waals surface area contributed by atoms with E-state index in [0.717, 1.165) is 0 Å². The molecule has 18 heavy (non-hydrogen) atoms. The molecular weight excluding hydrogens is 254 g/mol. The van der Waals surface area contributed by atoms with Gasteiger partial charge in [0.2, 0.25) is 0 Å². The predicted molar refractivity (Wildman–Crippen MR) is 56.7 cm³/mol. The Hall–Kier alpha value is -1.34. The van der Waals surface area contributed by atoms with E-state index in [1.54, 1.807) is 6.07 Å². The lowest BCUT2D eigenvalue weighted by Gasteiger charge is -2.10. The average molecular weight is 267 g/mol. The van der Waals surface area contributed by atoms with Gasteiger partial charge in [0.25, 0.3) is 0 Å². The summed E-state index contributed by atoms with van der Waals surface area (Å²) in [5.74, 6) is -0.642. The van der Waals surface area contributed by atoms with Crippen LogP contribution in [-0.4, -0.2) is 26.0 Å². The van der Waals surface area contributed by atoms with Crippen LogP contribution in [0.25, 0.3) is 0 Å². The van der Waals surface area contributed by atoms with E-state index in [9.17, 15) is 17.6 Å². The van der Waals surface area contributed by atoms with Gasteiger partial charge in [-0.25, -0.2) is 4.39 Å². The molecule has 0 aliphatic rings. The van der Waals surface area contributed by atoms with Crippen LogP contribution in [0.3, 0.4) is 0 Å². The van der Waals surface area contributed by atoms with E-state index in [1.807, 2.05) is 0 Å². The molecule has 1 rings (SSSR count). The fraction of sp³-hybridized carbons (Fsp3) is 0.455. The number of ether oxygens (including phenoxy) is 2. The molecule has 0 aliphatic heterocycles. The fourth-order valence-corrected chi connectivity index (χ4v) is 1.19. The molecule has 0 saturated carbocycles. The Bertz CT molecular complexity index is 382. The first kappa shape index (κ1) is 14.7. The van der Waals surface area contributed by atoms with Gasteiger partial charge in [-0.05, 0) is 17.7 Å². The number of benzene rings is 1. The number of rotatable bonds is 6. The van der Waals surface area contributed by atoms with Crippen molar-refractivity contribution in [3.63, 3.8) is 0 Å². The molecule has 3 nitrogen and oxygen atoms in total. The lowest BCUT2D eigenvalue weighted by atomic mass is 10.2. The van der Waals surface area contributed by atoms with E-state index in [-0.39, 0.29) is 25.5 Å². The van der Waals surface area contributed by atoms with Crippen LogP contribution < -0.4 is 10.5 Å². The molecule has 0 radical (unpaired) electrons. The van der Waals surface area contributed by atoms with E-state index in [4.69, 9.17) is 10.5 Å². The van der Waals surface area contributed by atoms with Crippen LogP contribution in [-0.2, 0) is 11.3 Å². The van der Waals surface area contributed by atoms with Gasteiger partial charge in [0.15, 0.2) is 11.6 Å². The summed E-state index contributed by atoms with van der Waals surface area (Å²) in [6, 6.07) is 4.17. The summed E-state index contributed by atoms with van der Waals surface area (Å²) >= 11 is 0. The molecule has 0 atom stereocenters. The van der Waals surface area contributed by atoms with E-state index in [2.05, 4.69) is 4.74 Å². The molecule has 7 heteroatoms. The van der Waals surface area contributed by atoms with Crippen LogP contribution in [0.15, 0.2) is 18.2 Å². The maximum Gasteiger partial charge on any atom is 0.411 e. The summed E-state index contributed by atoms with van der Waals surface area (Å²) in [4.78, 5) is 0. The van der Waals surface area contributed by atoms with Crippen molar-refractivity contribution in [1.29, 1.82) is 0 Å². The minimum Gasteiger partial charge on any atom is -0.488 e. The molecule has 1 aromatic carbocycles. The lowest BCUT2D eigenvalue weighted by molar-refractivity contribution is -0.175. The molecule has 0 aliphatic carbocycles. The van der Waals surface area contributed by atoms with Crippen LogP contribution in [0.2, 0.25) is 0 Å². The van der Waals surface area contributed by atoms with Crippen LogP contribution in [0.5, 0.6) is 5.75 Å². The zero-order chi connectivity index (χ0) is 13.6. The molecular formula is C11H13F4NO2. The Morgan fingerprint density at radius 1 is 1.17 bits per heavy atom. The Labute approximate surface area is 101 Å². The standard InChI is InChI=1S/C11H13F4NO2/c12-9-5-8(6-16)1-2-10(9)18-4-3-17-7-11(13,14)15/h1-2,5H,3-4,6-7,16H2. The van der Waals surface area contributed by atoms with Gasteiger partial charge in [0.05, 0.1) is 6.61 Å². The minimum atomic E-state index is -4.37. The quantitative estimate of drug-likeness (QED) is 0.635. The molecule has 0 saturated heterocycles. The summed E-state index contributed by atoms with van der Waals surface area (Å²) in [5.41, 5.74) is 5.92. The Morgan fingerprint density at radius 3 is 2.44 bits per heavy atom. The number of nitrogens with two attached hydrogens (primary N) is 1. The van der Waals surface area contributed by atoms with Gasteiger partial charge >= 0.3 is 6.18 Å². The van der Waals surface area contributed by atoms with Crippen LogP contribution >= 0.6 is 0 Å². The van der Waals surface area contributed by atoms with Crippen LogP contribution in [0, 0.1) is 5.82 Å². The van der Waals surface area contributed by atoms with E-state index in [0.29, 0.717) is 5.56 Å². The maximum absolute atomic E-state index is 13.3. The van der Waals surface area contributed by atoms with Crippen LogP contribution in [0.1, 0.15) is 5.56 Å². The van der Waals surface area contributed by atoms with Crippen LogP contribution in [0.4, 0.5) is 17.6 Å². The Morgan fingerprint density at radius 2 is 1.89 bits per heavy atom. The maximum atomic E-state index is 13.3. The third kappa shape index (κ3) is 5.33. The molecule has 0 fully saturated rings. The summed E-state index contributed by atoms with van der Waals surface area (Å²) < 4.78 is 57.7. The Kier molecular flexibility index (Phi) is 5.36. The number of alkyl halides is 3. The summed E-state index contributed by atoms with van der Waals surface area (Å²) in [7, 11) is 0. The molecule has 0 unspecified atom stereocenters. The fourth-order valence-electron chi connectivity index (χ4n) is 1.19. The second-order valence-corrected chi connectivity index (χ2v) is 3.49. The first-order chi connectivity index (χ1) is 8.42. The molecule has 0 bridgehead atoms. The van der Waals surface area contributed by atoms with E-state index in [1.165, 1.54) is 12.1 Å². The third-order valence-electron chi connectivity index (χ3n) is 1.98. The largest absolute Gasteiger partial charge is 0.488 e. The monoisotopic (exact) mass is 267 g/mol. The summed E-state index contributed by atoms with van der Waals surface area (Å²) in [6.07, 6.45) is -4.37. The minimum absolute atomic E-state index is 0.0391. The van der Waals surface area contributed by atoms with Crippen molar-refractivity contribution in [2.24, 2.45) is 5.73 Å². The molecule has 0 spiro atoms. The van der Waals surface area contributed by atoms with E-state index >= 15 is 0 Å². The number of hydrogen-bond acceptors (Lipinski definition) is 3. The van der Waals surface area contributed by atoms with Gasteiger partial charge < -0.3 is 15.2 Å². The van der Waals surface area contributed by atoms with Crippen molar-refractivity contribution in [1.82, 2.24) is 0 Å². The van der Waals surface area contributed by atoms with Crippen molar-refractivity contribution in [3.8, 4) is 5.75 Å².